The van der Waals surface area contributed by atoms with E-state index in [-0.39, 0.29) is 12.4 Å². The van der Waals surface area contributed by atoms with Gasteiger partial charge in [-0.3, -0.25) is 0 Å². The Morgan fingerprint density at radius 3 is 2.75 bits per heavy atom. The zero-order chi connectivity index (χ0) is 12.0. The van der Waals surface area contributed by atoms with E-state index in [2.05, 4.69) is 6.92 Å². The van der Waals surface area contributed by atoms with Gasteiger partial charge in [0.05, 0.1) is 13.2 Å². The molecule has 16 heavy (non-hydrogen) atoms. The van der Waals surface area contributed by atoms with Gasteiger partial charge in [0, 0.05) is 12.0 Å². The van der Waals surface area contributed by atoms with Gasteiger partial charge in [-0.25, -0.2) is 4.39 Å². The van der Waals surface area contributed by atoms with Gasteiger partial charge in [-0.15, -0.1) is 0 Å². The molecule has 1 aromatic carbocycles. The van der Waals surface area contributed by atoms with E-state index in [1.54, 1.807) is 13.0 Å². The lowest BCUT2D eigenvalue weighted by Gasteiger charge is -2.11. The monoisotopic (exact) mass is 225 g/mol. The van der Waals surface area contributed by atoms with E-state index in [9.17, 15) is 4.39 Å². The molecule has 0 amide bonds. The summed E-state index contributed by atoms with van der Waals surface area (Å²) in [5, 5.41) is 8.98. The highest BCUT2D eigenvalue weighted by atomic mass is 19.1. The van der Waals surface area contributed by atoms with Gasteiger partial charge in [-0.05, 0) is 24.1 Å². The van der Waals surface area contributed by atoms with Crippen LogP contribution >= 0.6 is 0 Å². The van der Waals surface area contributed by atoms with Crippen LogP contribution in [0.1, 0.15) is 32.3 Å². The predicted octanol–water partition coefficient (Wildman–Crippen LogP) is 2.94. The van der Waals surface area contributed by atoms with Gasteiger partial charge in [-0.1, -0.05) is 20.3 Å². The maximum atomic E-state index is 13.3. The third-order valence-electron chi connectivity index (χ3n) is 2.37. The van der Waals surface area contributed by atoms with E-state index in [4.69, 9.17) is 9.84 Å². The SMILES string of the molecule is CCCCOc1cc(F)cc([C](C)CO)c1. The summed E-state index contributed by atoms with van der Waals surface area (Å²) in [5.74, 6) is 0.924. The van der Waals surface area contributed by atoms with Crippen molar-refractivity contribution in [3.05, 3.63) is 35.5 Å². The van der Waals surface area contributed by atoms with Crippen molar-refractivity contribution in [2.75, 3.05) is 13.2 Å². The molecular formula is C13H18FO2. The molecule has 1 rings (SSSR count). The molecule has 0 saturated heterocycles. The Hall–Kier alpha value is -1.09. The molecule has 0 aliphatic carbocycles. The topological polar surface area (TPSA) is 29.5 Å². The van der Waals surface area contributed by atoms with E-state index in [1.165, 1.54) is 12.1 Å². The van der Waals surface area contributed by atoms with Gasteiger partial charge < -0.3 is 9.84 Å². The van der Waals surface area contributed by atoms with E-state index >= 15 is 0 Å². The van der Waals surface area contributed by atoms with Gasteiger partial charge in [0.15, 0.2) is 0 Å². The average molecular weight is 225 g/mol. The fraction of sp³-hybridized carbons (Fsp3) is 0.462. The minimum absolute atomic E-state index is 0.0716. The highest BCUT2D eigenvalue weighted by Crippen LogP contribution is 2.22. The summed E-state index contributed by atoms with van der Waals surface area (Å²) < 4.78 is 18.7. The van der Waals surface area contributed by atoms with E-state index in [1.807, 2.05) is 0 Å². The lowest BCUT2D eigenvalue weighted by molar-refractivity contribution is 0.305. The fourth-order valence-corrected chi connectivity index (χ4v) is 1.32. The first-order chi connectivity index (χ1) is 7.67. The number of aliphatic hydroxyl groups is 1. The molecule has 0 aromatic heterocycles. The van der Waals surface area contributed by atoms with Crippen molar-refractivity contribution in [1.29, 1.82) is 0 Å². The summed E-state index contributed by atoms with van der Waals surface area (Å²) in [6, 6.07) is 4.52. The highest BCUT2D eigenvalue weighted by molar-refractivity contribution is 5.37. The minimum atomic E-state index is -0.336. The molecule has 0 bridgehead atoms. The molecule has 0 spiro atoms. The third kappa shape index (κ3) is 3.81. The van der Waals surface area contributed by atoms with Crippen LogP contribution < -0.4 is 4.74 Å². The van der Waals surface area contributed by atoms with Crippen LogP contribution in [0.3, 0.4) is 0 Å². The predicted molar refractivity (Wildman–Crippen MR) is 61.9 cm³/mol. The Morgan fingerprint density at radius 2 is 2.12 bits per heavy atom. The number of hydrogen-bond donors (Lipinski definition) is 1. The second kappa shape index (κ2) is 6.48. The Labute approximate surface area is 96.1 Å². The average Bonchev–Trinajstić information content (AvgIpc) is 2.27. The first kappa shape index (κ1) is 13.0. The van der Waals surface area contributed by atoms with Crippen LogP contribution in [0.25, 0.3) is 0 Å². The lowest BCUT2D eigenvalue weighted by atomic mass is 10.0. The molecule has 0 aliphatic rings. The molecule has 89 valence electrons. The molecular weight excluding hydrogens is 207 g/mol. The van der Waals surface area contributed by atoms with Crippen LogP contribution in [-0.2, 0) is 0 Å². The maximum Gasteiger partial charge on any atom is 0.127 e. The van der Waals surface area contributed by atoms with E-state index in [0.717, 1.165) is 18.8 Å². The first-order valence-corrected chi connectivity index (χ1v) is 5.54. The Morgan fingerprint density at radius 1 is 1.38 bits per heavy atom. The zero-order valence-corrected chi connectivity index (χ0v) is 9.79. The van der Waals surface area contributed by atoms with Crippen LogP contribution in [0.5, 0.6) is 5.75 Å². The number of hydrogen-bond acceptors (Lipinski definition) is 2. The summed E-state index contributed by atoms with van der Waals surface area (Å²) in [6.07, 6.45) is 2.00. The quantitative estimate of drug-likeness (QED) is 0.754. The molecule has 0 atom stereocenters. The van der Waals surface area contributed by atoms with Gasteiger partial charge in [0.25, 0.3) is 0 Å². The molecule has 1 N–H and O–H groups in total. The van der Waals surface area contributed by atoms with Crippen molar-refractivity contribution in [2.24, 2.45) is 0 Å². The Bertz CT molecular complexity index is 326. The van der Waals surface area contributed by atoms with Crippen LogP contribution in [0, 0.1) is 11.7 Å². The summed E-state index contributed by atoms with van der Waals surface area (Å²) in [6.45, 7) is 4.37. The molecule has 1 aromatic rings. The minimum Gasteiger partial charge on any atom is -0.493 e. The first-order valence-electron chi connectivity index (χ1n) is 5.54. The largest absolute Gasteiger partial charge is 0.493 e. The van der Waals surface area contributed by atoms with Crippen molar-refractivity contribution >= 4 is 0 Å². The van der Waals surface area contributed by atoms with Gasteiger partial charge >= 0.3 is 0 Å². The molecule has 0 heterocycles. The summed E-state index contributed by atoms with van der Waals surface area (Å²) >= 11 is 0. The normalized spacial score (nSPS) is 10.8. The van der Waals surface area contributed by atoms with Crippen molar-refractivity contribution in [2.45, 2.75) is 26.7 Å². The Kier molecular flexibility index (Phi) is 5.26. The molecule has 0 saturated carbocycles. The van der Waals surface area contributed by atoms with Crippen LogP contribution in [0.2, 0.25) is 0 Å². The fourth-order valence-electron chi connectivity index (χ4n) is 1.32. The number of rotatable bonds is 6. The van der Waals surface area contributed by atoms with E-state index in [0.29, 0.717) is 17.9 Å². The summed E-state index contributed by atoms with van der Waals surface area (Å²) in [5.41, 5.74) is 0.689. The molecule has 3 heteroatoms. The summed E-state index contributed by atoms with van der Waals surface area (Å²) in [4.78, 5) is 0. The van der Waals surface area contributed by atoms with Crippen molar-refractivity contribution in [3.8, 4) is 5.75 Å². The second-order valence-corrected chi connectivity index (χ2v) is 3.82. The number of aliphatic hydroxyl groups excluding tert-OH is 1. The van der Waals surface area contributed by atoms with Gasteiger partial charge in [0.2, 0.25) is 0 Å². The molecule has 0 fully saturated rings. The Balaban J connectivity index is 2.73. The smallest absolute Gasteiger partial charge is 0.127 e. The van der Waals surface area contributed by atoms with Gasteiger partial charge in [0.1, 0.15) is 11.6 Å². The number of benzene rings is 1. The van der Waals surface area contributed by atoms with Crippen LogP contribution in [-0.4, -0.2) is 18.3 Å². The van der Waals surface area contributed by atoms with Crippen molar-refractivity contribution in [3.63, 3.8) is 0 Å². The number of ether oxygens (including phenoxy) is 1. The molecule has 0 unspecified atom stereocenters. The molecule has 0 aliphatic heterocycles. The van der Waals surface area contributed by atoms with Crippen molar-refractivity contribution < 1.29 is 14.2 Å². The third-order valence-corrected chi connectivity index (χ3v) is 2.37. The van der Waals surface area contributed by atoms with Crippen LogP contribution in [0.4, 0.5) is 4.39 Å². The summed E-state index contributed by atoms with van der Waals surface area (Å²) in [7, 11) is 0. The maximum absolute atomic E-state index is 13.3. The zero-order valence-electron chi connectivity index (χ0n) is 9.79. The van der Waals surface area contributed by atoms with Gasteiger partial charge in [-0.2, -0.15) is 0 Å². The molecule has 2 nitrogen and oxygen atoms in total. The van der Waals surface area contributed by atoms with Crippen molar-refractivity contribution in [1.82, 2.24) is 0 Å². The lowest BCUT2D eigenvalue weighted by Crippen LogP contribution is -2.03. The standard InChI is InChI=1S/C13H18FO2/c1-3-4-5-16-13-7-11(10(2)9-15)6-12(14)8-13/h6-8,15H,3-5,9H2,1-2H3. The number of unbranched alkanes of at least 4 members (excludes halogenated alkanes) is 1. The van der Waals surface area contributed by atoms with Crippen LogP contribution in [0.15, 0.2) is 18.2 Å². The second-order valence-electron chi connectivity index (χ2n) is 3.82. The van der Waals surface area contributed by atoms with E-state index < -0.39 is 0 Å². The highest BCUT2D eigenvalue weighted by Gasteiger charge is 2.08. The number of halogens is 1. The molecule has 1 radical (unpaired) electrons.